The second kappa shape index (κ2) is 7.16. The van der Waals surface area contributed by atoms with E-state index < -0.39 is 0 Å². The molecule has 0 atom stereocenters. The Morgan fingerprint density at radius 2 is 2.06 bits per heavy atom. The number of ether oxygens (including phenoxy) is 1. The van der Waals surface area contributed by atoms with Crippen LogP contribution >= 0.6 is 0 Å². The molecule has 1 aromatic rings. The van der Waals surface area contributed by atoms with Gasteiger partial charge in [0, 0.05) is 32.9 Å². The first-order valence-corrected chi connectivity index (χ1v) is 6.71. The van der Waals surface area contributed by atoms with E-state index in [4.69, 9.17) is 4.74 Å². The summed E-state index contributed by atoms with van der Waals surface area (Å²) in [6.45, 7) is 3.61. The molecule has 0 unspecified atom stereocenters. The van der Waals surface area contributed by atoms with Gasteiger partial charge in [-0.2, -0.15) is 4.98 Å². The molecule has 0 bridgehead atoms. The first kappa shape index (κ1) is 13.1. The van der Waals surface area contributed by atoms with Gasteiger partial charge >= 0.3 is 0 Å². The molecule has 1 fully saturated rings. The Hall–Kier alpha value is -1.36. The summed E-state index contributed by atoms with van der Waals surface area (Å²) in [5.41, 5.74) is 0. The highest BCUT2D eigenvalue weighted by Crippen LogP contribution is 2.17. The van der Waals surface area contributed by atoms with Crippen molar-refractivity contribution >= 4 is 11.8 Å². The molecule has 1 N–H and O–H groups in total. The third-order valence-corrected chi connectivity index (χ3v) is 3.16. The van der Waals surface area contributed by atoms with Crippen LogP contribution in [-0.4, -0.2) is 43.3 Å². The van der Waals surface area contributed by atoms with Crippen molar-refractivity contribution in [1.29, 1.82) is 0 Å². The van der Waals surface area contributed by atoms with Crippen molar-refractivity contribution in [3.05, 3.63) is 12.3 Å². The normalized spacial score (nSPS) is 16.4. The van der Waals surface area contributed by atoms with Crippen molar-refractivity contribution in [1.82, 2.24) is 9.97 Å². The number of hydrogen-bond acceptors (Lipinski definition) is 5. The molecular weight excluding hydrogens is 228 g/mol. The predicted molar refractivity (Wildman–Crippen MR) is 73.1 cm³/mol. The van der Waals surface area contributed by atoms with E-state index >= 15 is 0 Å². The van der Waals surface area contributed by atoms with Crippen molar-refractivity contribution in [2.75, 3.05) is 43.6 Å². The van der Waals surface area contributed by atoms with Crippen molar-refractivity contribution in [3.63, 3.8) is 0 Å². The minimum Gasteiger partial charge on any atom is -0.383 e. The smallest absolute Gasteiger partial charge is 0.224 e. The Balaban J connectivity index is 1.96. The molecule has 1 aromatic heterocycles. The zero-order valence-electron chi connectivity index (χ0n) is 11.1. The number of nitrogens with one attached hydrogen (secondary N) is 1. The molecule has 5 nitrogen and oxygen atoms in total. The summed E-state index contributed by atoms with van der Waals surface area (Å²) in [4.78, 5) is 11.1. The number of nitrogens with zero attached hydrogens (tertiary/aromatic N) is 3. The first-order chi connectivity index (χ1) is 8.90. The van der Waals surface area contributed by atoms with Gasteiger partial charge < -0.3 is 15.0 Å². The van der Waals surface area contributed by atoms with E-state index in [0.717, 1.165) is 25.5 Å². The number of methoxy groups -OCH3 is 1. The fourth-order valence-corrected chi connectivity index (χ4v) is 2.18. The Kier molecular flexibility index (Phi) is 5.20. The number of aromatic nitrogens is 2. The fourth-order valence-electron chi connectivity index (χ4n) is 2.18. The molecule has 0 spiro atoms. The highest BCUT2D eigenvalue weighted by atomic mass is 16.5. The number of anilines is 2. The van der Waals surface area contributed by atoms with Gasteiger partial charge in [-0.1, -0.05) is 12.8 Å². The van der Waals surface area contributed by atoms with Crippen molar-refractivity contribution in [2.45, 2.75) is 25.7 Å². The summed E-state index contributed by atoms with van der Waals surface area (Å²) in [6.07, 6.45) is 7.01. The summed E-state index contributed by atoms with van der Waals surface area (Å²) in [5, 5.41) is 3.17. The van der Waals surface area contributed by atoms with Gasteiger partial charge in [-0.3, -0.25) is 0 Å². The third kappa shape index (κ3) is 3.84. The van der Waals surface area contributed by atoms with E-state index in [1.54, 1.807) is 7.11 Å². The largest absolute Gasteiger partial charge is 0.383 e. The lowest BCUT2D eigenvalue weighted by molar-refractivity contribution is 0.210. The van der Waals surface area contributed by atoms with Crippen LogP contribution < -0.4 is 10.2 Å². The summed E-state index contributed by atoms with van der Waals surface area (Å²) in [5.74, 6) is 1.72. The molecule has 18 heavy (non-hydrogen) atoms. The van der Waals surface area contributed by atoms with E-state index in [-0.39, 0.29) is 0 Å². The minimum absolute atomic E-state index is 0.664. The van der Waals surface area contributed by atoms with Crippen LogP contribution in [0.3, 0.4) is 0 Å². The van der Waals surface area contributed by atoms with E-state index in [0.29, 0.717) is 12.6 Å². The molecule has 2 heterocycles. The SMILES string of the molecule is COCCNc1nccc(N2CCCCCC2)n1. The van der Waals surface area contributed by atoms with Crippen LogP contribution in [-0.2, 0) is 4.74 Å². The van der Waals surface area contributed by atoms with Crippen LogP contribution in [0.1, 0.15) is 25.7 Å². The Morgan fingerprint density at radius 3 is 2.78 bits per heavy atom. The van der Waals surface area contributed by atoms with E-state index in [9.17, 15) is 0 Å². The van der Waals surface area contributed by atoms with E-state index in [2.05, 4.69) is 20.2 Å². The number of hydrogen-bond donors (Lipinski definition) is 1. The first-order valence-electron chi connectivity index (χ1n) is 6.71. The van der Waals surface area contributed by atoms with Crippen LogP contribution in [0.4, 0.5) is 11.8 Å². The van der Waals surface area contributed by atoms with Crippen LogP contribution in [0.5, 0.6) is 0 Å². The van der Waals surface area contributed by atoms with Gasteiger partial charge in [0.25, 0.3) is 0 Å². The molecule has 0 aliphatic carbocycles. The van der Waals surface area contributed by atoms with Crippen molar-refractivity contribution < 1.29 is 4.74 Å². The van der Waals surface area contributed by atoms with Gasteiger partial charge in [-0.25, -0.2) is 4.98 Å². The zero-order chi connectivity index (χ0) is 12.6. The molecule has 100 valence electrons. The molecule has 2 rings (SSSR count). The lowest BCUT2D eigenvalue weighted by atomic mass is 10.2. The second-order valence-electron chi connectivity index (χ2n) is 4.56. The van der Waals surface area contributed by atoms with Crippen LogP contribution in [0.2, 0.25) is 0 Å². The predicted octanol–water partition coefficient (Wildman–Crippen LogP) is 1.92. The van der Waals surface area contributed by atoms with Gasteiger partial charge in [-0.05, 0) is 18.9 Å². The fraction of sp³-hybridized carbons (Fsp3) is 0.692. The summed E-state index contributed by atoms with van der Waals surface area (Å²) in [6, 6.07) is 1.99. The average molecular weight is 250 g/mol. The quantitative estimate of drug-likeness (QED) is 0.809. The molecule has 1 aliphatic rings. The van der Waals surface area contributed by atoms with Crippen LogP contribution in [0.25, 0.3) is 0 Å². The molecule has 5 heteroatoms. The average Bonchev–Trinajstić information content (AvgIpc) is 2.68. The Labute approximate surface area is 109 Å². The van der Waals surface area contributed by atoms with Crippen LogP contribution in [0.15, 0.2) is 12.3 Å². The van der Waals surface area contributed by atoms with Gasteiger partial charge in [0.1, 0.15) is 5.82 Å². The molecule has 1 aliphatic heterocycles. The molecule has 0 radical (unpaired) electrons. The summed E-state index contributed by atoms with van der Waals surface area (Å²) >= 11 is 0. The van der Waals surface area contributed by atoms with Crippen molar-refractivity contribution in [2.24, 2.45) is 0 Å². The zero-order valence-corrected chi connectivity index (χ0v) is 11.1. The maximum atomic E-state index is 5.00. The lowest BCUT2D eigenvalue weighted by Gasteiger charge is -2.21. The minimum atomic E-state index is 0.664. The summed E-state index contributed by atoms with van der Waals surface area (Å²) in [7, 11) is 1.69. The van der Waals surface area contributed by atoms with Crippen LogP contribution in [0, 0.1) is 0 Å². The van der Waals surface area contributed by atoms with Gasteiger partial charge in [0.15, 0.2) is 0 Å². The maximum absolute atomic E-state index is 5.00. The second-order valence-corrected chi connectivity index (χ2v) is 4.56. The third-order valence-electron chi connectivity index (χ3n) is 3.16. The van der Waals surface area contributed by atoms with E-state index in [1.165, 1.54) is 25.7 Å². The highest BCUT2D eigenvalue weighted by molar-refractivity contribution is 5.42. The van der Waals surface area contributed by atoms with Gasteiger partial charge in [-0.15, -0.1) is 0 Å². The highest BCUT2D eigenvalue weighted by Gasteiger charge is 2.11. The van der Waals surface area contributed by atoms with E-state index in [1.807, 2.05) is 12.3 Å². The lowest BCUT2D eigenvalue weighted by Crippen LogP contribution is -2.25. The standard InChI is InChI=1S/C13H22N4O/c1-18-11-8-15-13-14-7-6-12(16-13)17-9-4-2-3-5-10-17/h6-7H,2-5,8-11H2,1H3,(H,14,15,16). The van der Waals surface area contributed by atoms with Gasteiger partial charge in [0.2, 0.25) is 5.95 Å². The maximum Gasteiger partial charge on any atom is 0.224 e. The molecule has 1 saturated heterocycles. The van der Waals surface area contributed by atoms with Crippen molar-refractivity contribution in [3.8, 4) is 0 Å². The molecule has 0 aromatic carbocycles. The number of rotatable bonds is 5. The molecule has 0 saturated carbocycles. The molecular formula is C13H22N4O. The Morgan fingerprint density at radius 1 is 1.28 bits per heavy atom. The monoisotopic (exact) mass is 250 g/mol. The Bertz CT molecular complexity index is 351. The molecule has 0 amide bonds. The van der Waals surface area contributed by atoms with Gasteiger partial charge in [0.05, 0.1) is 6.61 Å². The topological polar surface area (TPSA) is 50.3 Å². The summed E-state index contributed by atoms with van der Waals surface area (Å²) < 4.78 is 5.00.